The summed E-state index contributed by atoms with van der Waals surface area (Å²) in [5.41, 5.74) is 7.04. The van der Waals surface area contributed by atoms with E-state index in [1.807, 2.05) is 0 Å². The number of likely N-dealkylation sites (tertiary alicyclic amines) is 1. The highest BCUT2D eigenvalue weighted by molar-refractivity contribution is 5.97. The molecule has 1 atom stereocenters. The first-order chi connectivity index (χ1) is 9.10. The van der Waals surface area contributed by atoms with Gasteiger partial charge in [-0.2, -0.15) is 0 Å². The van der Waals surface area contributed by atoms with Crippen LogP contribution in [0.4, 0.5) is 5.69 Å². The Hall–Kier alpha value is -1.88. The fourth-order valence-corrected chi connectivity index (χ4v) is 2.13. The number of carbonyl (C=O) groups excluding carboxylic acids is 2. The molecule has 1 aliphatic heterocycles. The van der Waals surface area contributed by atoms with Gasteiger partial charge in [-0.1, -0.05) is 13.0 Å². The Balaban J connectivity index is 2.10. The minimum Gasteiger partial charge on any atom is -0.337 e. The highest BCUT2D eigenvalue weighted by atomic mass is 16.2. The van der Waals surface area contributed by atoms with E-state index in [1.54, 1.807) is 36.1 Å². The lowest BCUT2D eigenvalue weighted by Crippen LogP contribution is -2.31. The van der Waals surface area contributed by atoms with Crippen molar-refractivity contribution in [2.75, 3.05) is 18.4 Å². The number of benzene rings is 1. The summed E-state index contributed by atoms with van der Waals surface area (Å²) in [5, 5.41) is 2.75. The van der Waals surface area contributed by atoms with Crippen LogP contribution in [0.25, 0.3) is 0 Å². The fraction of sp³-hybridized carbons (Fsp3) is 0.429. The molecule has 0 saturated carbocycles. The summed E-state index contributed by atoms with van der Waals surface area (Å²) in [5.74, 6) is -0.0895. The second-order valence-electron chi connectivity index (χ2n) is 4.78. The van der Waals surface area contributed by atoms with E-state index in [4.69, 9.17) is 5.73 Å². The van der Waals surface area contributed by atoms with E-state index < -0.39 is 0 Å². The first-order valence-electron chi connectivity index (χ1n) is 6.55. The van der Waals surface area contributed by atoms with Gasteiger partial charge < -0.3 is 16.0 Å². The van der Waals surface area contributed by atoms with Crippen LogP contribution >= 0.6 is 0 Å². The van der Waals surface area contributed by atoms with E-state index in [0.717, 1.165) is 6.42 Å². The molecule has 0 radical (unpaired) electrons. The van der Waals surface area contributed by atoms with Crippen molar-refractivity contribution in [2.24, 2.45) is 5.73 Å². The Morgan fingerprint density at radius 1 is 1.47 bits per heavy atom. The zero-order chi connectivity index (χ0) is 13.8. The van der Waals surface area contributed by atoms with Crippen LogP contribution < -0.4 is 11.1 Å². The Morgan fingerprint density at radius 2 is 2.26 bits per heavy atom. The number of nitrogens with zero attached hydrogens (tertiary/aromatic N) is 1. The topological polar surface area (TPSA) is 75.4 Å². The standard InChI is InChI=1S/C14H19N3O2/c1-2-13(18)16-12-5-3-4-10(8-12)14(19)17-7-6-11(15)9-17/h3-5,8,11H,2,6-7,9,15H2,1H3,(H,16,18)/t11-/m1/s1. The number of nitrogens with one attached hydrogen (secondary N) is 1. The number of carbonyl (C=O) groups is 2. The Kier molecular flexibility index (Phi) is 4.16. The molecule has 1 heterocycles. The van der Waals surface area contributed by atoms with Crippen LogP contribution in [-0.2, 0) is 4.79 Å². The molecule has 0 unspecified atom stereocenters. The normalized spacial score (nSPS) is 18.4. The molecule has 2 amide bonds. The van der Waals surface area contributed by atoms with Gasteiger partial charge in [0, 0.05) is 36.8 Å². The van der Waals surface area contributed by atoms with Gasteiger partial charge in [-0.15, -0.1) is 0 Å². The lowest BCUT2D eigenvalue weighted by atomic mass is 10.1. The molecule has 1 aromatic carbocycles. The lowest BCUT2D eigenvalue weighted by molar-refractivity contribution is -0.115. The Bertz CT molecular complexity index is 487. The molecule has 19 heavy (non-hydrogen) atoms. The monoisotopic (exact) mass is 261 g/mol. The minimum atomic E-state index is -0.0622. The summed E-state index contributed by atoms with van der Waals surface area (Å²) < 4.78 is 0. The summed E-state index contributed by atoms with van der Waals surface area (Å²) in [4.78, 5) is 25.4. The second kappa shape index (κ2) is 5.84. The van der Waals surface area contributed by atoms with E-state index in [0.29, 0.717) is 30.8 Å². The van der Waals surface area contributed by atoms with E-state index >= 15 is 0 Å². The first kappa shape index (κ1) is 13.5. The summed E-state index contributed by atoms with van der Waals surface area (Å²) in [6.07, 6.45) is 1.26. The molecule has 2 rings (SSSR count). The van der Waals surface area contributed by atoms with E-state index in [1.165, 1.54) is 0 Å². The molecular weight excluding hydrogens is 242 g/mol. The lowest BCUT2D eigenvalue weighted by Gasteiger charge is -2.16. The van der Waals surface area contributed by atoms with Gasteiger partial charge in [-0.3, -0.25) is 9.59 Å². The SMILES string of the molecule is CCC(=O)Nc1cccc(C(=O)N2CC[C@@H](N)C2)c1. The van der Waals surface area contributed by atoms with E-state index in [2.05, 4.69) is 5.32 Å². The van der Waals surface area contributed by atoms with Gasteiger partial charge in [0.15, 0.2) is 0 Å². The van der Waals surface area contributed by atoms with Gasteiger partial charge in [0.05, 0.1) is 0 Å². The maximum absolute atomic E-state index is 12.3. The minimum absolute atomic E-state index is 0.0273. The van der Waals surface area contributed by atoms with Gasteiger partial charge >= 0.3 is 0 Å². The predicted molar refractivity (Wildman–Crippen MR) is 73.9 cm³/mol. The smallest absolute Gasteiger partial charge is 0.253 e. The van der Waals surface area contributed by atoms with Crippen molar-refractivity contribution in [3.63, 3.8) is 0 Å². The molecule has 3 N–H and O–H groups in total. The number of anilines is 1. The molecule has 0 aromatic heterocycles. The number of nitrogens with two attached hydrogens (primary N) is 1. The molecule has 0 spiro atoms. The number of amides is 2. The maximum atomic E-state index is 12.3. The van der Waals surface area contributed by atoms with Crippen LogP contribution in [0, 0.1) is 0 Å². The summed E-state index contributed by atoms with van der Waals surface area (Å²) in [6, 6.07) is 7.09. The van der Waals surface area contributed by atoms with Crippen LogP contribution in [0.1, 0.15) is 30.1 Å². The largest absolute Gasteiger partial charge is 0.337 e. The van der Waals surface area contributed by atoms with Crippen LogP contribution in [0.5, 0.6) is 0 Å². The highest BCUT2D eigenvalue weighted by Gasteiger charge is 2.24. The molecule has 1 aromatic rings. The van der Waals surface area contributed by atoms with Crippen molar-refractivity contribution in [3.05, 3.63) is 29.8 Å². The third-order valence-corrected chi connectivity index (χ3v) is 3.23. The average Bonchev–Trinajstić information content (AvgIpc) is 2.84. The van der Waals surface area contributed by atoms with E-state index in [9.17, 15) is 9.59 Å². The molecular formula is C14H19N3O2. The molecule has 0 aliphatic carbocycles. The van der Waals surface area contributed by atoms with Crippen molar-refractivity contribution >= 4 is 17.5 Å². The van der Waals surface area contributed by atoms with Gasteiger partial charge in [-0.25, -0.2) is 0 Å². The summed E-state index contributed by atoms with van der Waals surface area (Å²) >= 11 is 0. The van der Waals surface area contributed by atoms with Crippen molar-refractivity contribution in [2.45, 2.75) is 25.8 Å². The zero-order valence-corrected chi connectivity index (χ0v) is 11.1. The van der Waals surface area contributed by atoms with Gasteiger partial charge in [0.1, 0.15) is 0 Å². The third-order valence-electron chi connectivity index (χ3n) is 3.23. The quantitative estimate of drug-likeness (QED) is 0.858. The summed E-state index contributed by atoms with van der Waals surface area (Å²) in [6.45, 7) is 3.09. The van der Waals surface area contributed by atoms with Gasteiger partial charge in [-0.05, 0) is 24.6 Å². The molecule has 102 valence electrons. The number of hydrogen-bond donors (Lipinski definition) is 2. The zero-order valence-electron chi connectivity index (χ0n) is 11.1. The molecule has 5 heteroatoms. The van der Waals surface area contributed by atoms with E-state index in [-0.39, 0.29) is 17.9 Å². The van der Waals surface area contributed by atoms with Gasteiger partial charge in [0.2, 0.25) is 5.91 Å². The highest BCUT2D eigenvalue weighted by Crippen LogP contribution is 2.16. The maximum Gasteiger partial charge on any atom is 0.253 e. The molecule has 0 bridgehead atoms. The van der Waals surface area contributed by atoms with Crippen LogP contribution in [0.3, 0.4) is 0 Å². The van der Waals surface area contributed by atoms with Crippen LogP contribution in [0.2, 0.25) is 0 Å². The van der Waals surface area contributed by atoms with Gasteiger partial charge in [0.25, 0.3) is 5.91 Å². The first-order valence-corrected chi connectivity index (χ1v) is 6.55. The van der Waals surface area contributed by atoms with Crippen molar-refractivity contribution < 1.29 is 9.59 Å². The van der Waals surface area contributed by atoms with Crippen LogP contribution in [0.15, 0.2) is 24.3 Å². The molecule has 1 fully saturated rings. The van der Waals surface area contributed by atoms with Crippen LogP contribution in [-0.4, -0.2) is 35.8 Å². The fourth-order valence-electron chi connectivity index (χ4n) is 2.13. The predicted octanol–water partition coefficient (Wildman–Crippen LogP) is 1.21. The summed E-state index contributed by atoms with van der Waals surface area (Å²) in [7, 11) is 0. The van der Waals surface area contributed by atoms with Crippen molar-refractivity contribution in [3.8, 4) is 0 Å². The average molecular weight is 261 g/mol. The number of hydrogen-bond acceptors (Lipinski definition) is 3. The van der Waals surface area contributed by atoms with Crippen molar-refractivity contribution in [1.82, 2.24) is 4.90 Å². The molecule has 1 aliphatic rings. The Morgan fingerprint density at radius 3 is 2.89 bits per heavy atom. The number of rotatable bonds is 3. The van der Waals surface area contributed by atoms with Crippen molar-refractivity contribution in [1.29, 1.82) is 0 Å². The second-order valence-corrected chi connectivity index (χ2v) is 4.78. The molecule has 1 saturated heterocycles. The molecule has 5 nitrogen and oxygen atoms in total. The third kappa shape index (κ3) is 3.32. The Labute approximate surface area is 112 Å².